The van der Waals surface area contributed by atoms with E-state index in [0.717, 1.165) is 17.5 Å². The van der Waals surface area contributed by atoms with Crippen LogP contribution in [0.25, 0.3) is 0 Å². The van der Waals surface area contributed by atoms with Gasteiger partial charge in [-0.15, -0.1) is 0 Å². The zero-order valence-electron chi connectivity index (χ0n) is 11.8. The molecule has 0 spiro atoms. The molecule has 0 bridgehead atoms. The van der Waals surface area contributed by atoms with Crippen molar-refractivity contribution < 1.29 is 5.11 Å². The maximum Gasteiger partial charge on any atom is 0.137 e. The Kier molecular flexibility index (Phi) is 3.84. The van der Waals surface area contributed by atoms with E-state index in [2.05, 4.69) is 16.2 Å². The van der Waals surface area contributed by atoms with Crippen LogP contribution in [0.1, 0.15) is 22.7 Å². The lowest BCUT2D eigenvalue weighted by molar-refractivity contribution is 0.474. The van der Waals surface area contributed by atoms with E-state index in [9.17, 15) is 5.11 Å². The topological polar surface area (TPSA) is 74.7 Å². The Balaban J connectivity index is 1.93. The van der Waals surface area contributed by atoms with Crippen molar-refractivity contribution >= 4 is 0 Å². The molecule has 3 aromatic rings. The summed E-state index contributed by atoms with van der Waals surface area (Å²) >= 11 is 0. The minimum Gasteiger partial charge on any atom is -0.508 e. The molecule has 1 N–H and O–H groups in total. The Hall–Kier alpha value is -3.13. The zero-order chi connectivity index (χ0) is 15.4. The highest BCUT2D eigenvalue weighted by Crippen LogP contribution is 2.23. The number of nitriles is 1. The van der Waals surface area contributed by atoms with Gasteiger partial charge in [-0.2, -0.15) is 10.4 Å². The Morgan fingerprint density at radius 3 is 2.41 bits per heavy atom. The van der Waals surface area contributed by atoms with Crippen LogP contribution in [0, 0.1) is 11.3 Å². The summed E-state index contributed by atoms with van der Waals surface area (Å²) < 4.78 is 1.80. The number of nitrogens with zero attached hydrogens (tertiary/aromatic N) is 4. The minimum absolute atomic E-state index is 0.0141. The molecule has 5 heteroatoms. The highest BCUT2D eigenvalue weighted by molar-refractivity contribution is 5.34. The molecule has 0 radical (unpaired) electrons. The predicted molar refractivity (Wildman–Crippen MR) is 81.1 cm³/mol. The van der Waals surface area contributed by atoms with Gasteiger partial charge in [0.15, 0.2) is 0 Å². The average molecular weight is 290 g/mol. The van der Waals surface area contributed by atoms with Gasteiger partial charge in [-0.05, 0) is 41.8 Å². The number of benzene rings is 2. The van der Waals surface area contributed by atoms with Gasteiger partial charge in [0.1, 0.15) is 18.4 Å². The van der Waals surface area contributed by atoms with Gasteiger partial charge in [-0.3, -0.25) is 0 Å². The summed E-state index contributed by atoms with van der Waals surface area (Å²) in [5, 5.41) is 22.5. The lowest BCUT2D eigenvalue weighted by Crippen LogP contribution is -2.14. The van der Waals surface area contributed by atoms with Crippen molar-refractivity contribution in [2.24, 2.45) is 0 Å². The van der Waals surface area contributed by atoms with Crippen molar-refractivity contribution in [1.29, 1.82) is 5.26 Å². The van der Waals surface area contributed by atoms with Crippen LogP contribution in [0.5, 0.6) is 5.75 Å². The fraction of sp³-hybridized carbons (Fsp3) is 0.118. The maximum absolute atomic E-state index is 9.39. The predicted octanol–water partition coefficient (Wildman–Crippen LogP) is 2.69. The van der Waals surface area contributed by atoms with E-state index < -0.39 is 0 Å². The Labute approximate surface area is 128 Å². The smallest absolute Gasteiger partial charge is 0.137 e. The molecule has 0 fully saturated rings. The highest BCUT2D eigenvalue weighted by atomic mass is 16.3. The lowest BCUT2D eigenvalue weighted by Gasteiger charge is -2.18. The van der Waals surface area contributed by atoms with Crippen molar-refractivity contribution in [3.63, 3.8) is 0 Å². The van der Waals surface area contributed by atoms with Gasteiger partial charge >= 0.3 is 0 Å². The van der Waals surface area contributed by atoms with E-state index in [0.29, 0.717) is 5.56 Å². The second-order valence-corrected chi connectivity index (χ2v) is 5.00. The number of rotatable bonds is 4. The van der Waals surface area contributed by atoms with Crippen LogP contribution in [0.15, 0.2) is 61.2 Å². The molecule has 0 saturated carbocycles. The van der Waals surface area contributed by atoms with Gasteiger partial charge in [-0.1, -0.05) is 24.3 Å². The summed E-state index contributed by atoms with van der Waals surface area (Å²) in [6.07, 6.45) is 3.91. The molecular formula is C17H14N4O. The normalized spacial score (nSPS) is 11.8. The largest absolute Gasteiger partial charge is 0.508 e. The maximum atomic E-state index is 9.39. The fourth-order valence-corrected chi connectivity index (χ4v) is 2.38. The van der Waals surface area contributed by atoms with Gasteiger partial charge in [0.2, 0.25) is 0 Å². The van der Waals surface area contributed by atoms with Crippen LogP contribution in [0.3, 0.4) is 0 Å². The molecule has 2 aromatic carbocycles. The van der Waals surface area contributed by atoms with Crippen molar-refractivity contribution in [3.8, 4) is 11.8 Å². The fourth-order valence-electron chi connectivity index (χ4n) is 2.38. The molecule has 0 aliphatic heterocycles. The van der Waals surface area contributed by atoms with Crippen LogP contribution in [0.2, 0.25) is 0 Å². The third-order valence-corrected chi connectivity index (χ3v) is 3.55. The number of phenols is 1. The molecular weight excluding hydrogens is 276 g/mol. The van der Waals surface area contributed by atoms with E-state index >= 15 is 0 Å². The van der Waals surface area contributed by atoms with Crippen molar-refractivity contribution in [2.75, 3.05) is 0 Å². The number of hydrogen-bond acceptors (Lipinski definition) is 4. The van der Waals surface area contributed by atoms with Gasteiger partial charge < -0.3 is 5.11 Å². The summed E-state index contributed by atoms with van der Waals surface area (Å²) in [7, 11) is 0. The lowest BCUT2D eigenvalue weighted by atomic mass is 9.98. The van der Waals surface area contributed by atoms with Gasteiger partial charge in [0.05, 0.1) is 17.7 Å². The summed E-state index contributed by atoms with van der Waals surface area (Å²) in [5.74, 6) is 0.249. The molecule has 3 rings (SSSR count). The number of aromatic hydroxyl groups is 1. The Morgan fingerprint density at radius 1 is 1.09 bits per heavy atom. The first-order valence-electron chi connectivity index (χ1n) is 6.88. The van der Waals surface area contributed by atoms with Gasteiger partial charge in [0, 0.05) is 0 Å². The van der Waals surface area contributed by atoms with Crippen LogP contribution in [-0.2, 0) is 6.42 Å². The van der Waals surface area contributed by atoms with Gasteiger partial charge in [-0.25, -0.2) is 9.67 Å². The van der Waals surface area contributed by atoms with Crippen LogP contribution < -0.4 is 0 Å². The van der Waals surface area contributed by atoms with Gasteiger partial charge in [0.25, 0.3) is 0 Å². The van der Waals surface area contributed by atoms with E-state index in [1.54, 1.807) is 35.3 Å². The quantitative estimate of drug-likeness (QED) is 0.801. The van der Waals surface area contributed by atoms with E-state index in [1.165, 1.54) is 6.33 Å². The summed E-state index contributed by atoms with van der Waals surface area (Å²) in [6.45, 7) is 0. The zero-order valence-corrected chi connectivity index (χ0v) is 11.8. The molecule has 1 atom stereocenters. The first kappa shape index (κ1) is 13.8. The number of hydrogen-bond donors (Lipinski definition) is 1. The minimum atomic E-state index is -0.0141. The molecule has 0 aliphatic rings. The number of aromatic nitrogens is 3. The molecule has 108 valence electrons. The monoisotopic (exact) mass is 290 g/mol. The molecule has 22 heavy (non-hydrogen) atoms. The van der Waals surface area contributed by atoms with E-state index in [-0.39, 0.29) is 11.8 Å². The Bertz CT molecular complexity index is 771. The molecule has 1 unspecified atom stereocenters. The molecule has 1 aromatic heterocycles. The summed E-state index contributed by atoms with van der Waals surface area (Å²) in [5.41, 5.74) is 2.77. The first-order chi connectivity index (χ1) is 10.8. The van der Waals surface area contributed by atoms with Crippen molar-refractivity contribution in [3.05, 3.63) is 77.9 Å². The second kappa shape index (κ2) is 6.10. The second-order valence-electron chi connectivity index (χ2n) is 5.00. The third kappa shape index (κ3) is 2.96. The highest BCUT2D eigenvalue weighted by Gasteiger charge is 2.15. The van der Waals surface area contributed by atoms with E-state index in [4.69, 9.17) is 5.26 Å². The third-order valence-electron chi connectivity index (χ3n) is 3.55. The summed E-state index contributed by atoms with van der Waals surface area (Å²) in [6, 6.07) is 16.7. The summed E-state index contributed by atoms with van der Waals surface area (Å²) in [4.78, 5) is 4.02. The molecule has 0 amide bonds. The van der Waals surface area contributed by atoms with E-state index in [1.807, 2.05) is 24.3 Å². The number of phenolic OH excluding ortho intramolecular Hbond substituents is 1. The SMILES string of the molecule is N#Cc1ccc(C(Cc2ccc(O)cc2)n2cncn2)cc1. The molecule has 0 saturated heterocycles. The molecule has 0 aliphatic carbocycles. The standard InChI is InChI=1S/C17H14N4O/c18-10-14-1-5-15(6-2-14)17(21-12-19-11-20-21)9-13-3-7-16(22)8-4-13/h1-8,11-12,17,22H,9H2. The molecule has 1 heterocycles. The first-order valence-corrected chi connectivity index (χ1v) is 6.88. The van der Waals surface area contributed by atoms with Crippen LogP contribution in [0.4, 0.5) is 0 Å². The van der Waals surface area contributed by atoms with Crippen LogP contribution in [-0.4, -0.2) is 19.9 Å². The Morgan fingerprint density at radius 2 is 1.82 bits per heavy atom. The van der Waals surface area contributed by atoms with Crippen molar-refractivity contribution in [2.45, 2.75) is 12.5 Å². The van der Waals surface area contributed by atoms with Crippen molar-refractivity contribution in [1.82, 2.24) is 14.8 Å². The van der Waals surface area contributed by atoms with Crippen LogP contribution >= 0.6 is 0 Å². The molecule has 5 nitrogen and oxygen atoms in total. The average Bonchev–Trinajstić information content (AvgIpc) is 3.09.